The van der Waals surface area contributed by atoms with Gasteiger partial charge in [-0.1, -0.05) is 40.2 Å². The summed E-state index contributed by atoms with van der Waals surface area (Å²) in [5.41, 5.74) is 1.76. The first-order chi connectivity index (χ1) is 15.9. The molecule has 1 unspecified atom stereocenters. The molecule has 3 aromatic carbocycles. The molecular formula is C25H24BrNO6. The van der Waals surface area contributed by atoms with Gasteiger partial charge in [0.25, 0.3) is 5.91 Å². The molecule has 3 aromatic rings. The van der Waals surface area contributed by atoms with Crippen LogP contribution in [0.4, 0.5) is 5.69 Å². The van der Waals surface area contributed by atoms with Crippen LogP contribution in [0.25, 0.3) is 0 Å². The van der Waals surface area contributed by atoms with E-state index >= 15 is 0 Å². The van der Waals surface area contributed by atoms with Crippen molar-refractivity contribution in [1.82, 2.24) is 0 Å². The molecule has 172 valence electrons. The summed E-state index contributed by atoms with van der Waals surface area (Å²) >= 11 is 3.38. The van der Waals surface area contributed by atoms with E-state index in [0.29, 0.717) is 28.5 Å². The Morgan fingerprint density at radius 1 is 0.848 bits per heavy atom. The quantitative estimate of drug-likeness (QED) is 0.408. The zero-order chi connectivity index (χ0) is 23.8. The molecule has 1 N–H and O–H groups in total. The highest BCUT2D eigenvalue weighted by Crippen LogP contribution is 2.31. The van der Waals surface area contributed by atoms with Gasteiger partial charge in [0.05, 0.1) is 27.8 Å². The third kappa shape index (κ3) is 6.49. The minimum Gasteiger partial charge on any atom is -0.497 e. The van der Waals surface area contributed by atoms with Crippen LogP contribution in [0, 0.1) is 0 Å². The molecule has 0 spiro atoms. The van der Waals surface area contributed by atoms with Gasteiger partial charge in [0, 0.05) is 21.8 Å². The number of benzene rings is 3. The summed E-state index contributed by atoms with van der Waals surface area (Å²) in [5.74, 6) is 0.662. The molecule has 1 amide bonds. The first-order valence-corrected chi connectivity index (χ1v) is 10.8. The summed E-state index contributed by atoms with van der Waals surface area (Å²) in [6.45, 7) is 0. The number of hydrogen-bond donors (Lipinski definition) is 1. The number of methoxy groups -OCH3 is 3. The standard InChI is InChI=1S/C25H24BrNO6/c1-30-20-11-4-16(5-12-20)14-23(28)33-24(17-6-8-18(26)9-7-17)25(29)27-19-10-13-21(31-2)22(15-19)32-3/h4-13,15,24H,14H2,1-3H3,(H,27,29). The molecule has 0 aliphatic carbocycles. The van der Waals surface area contributed by atoms with Gasteiger partial charge >= 0.3 is 5.97 Å². The highest BCUT2D eigenvalue weighted by atomic mass is 79.9. The van der Waals surface area contributed by atoms with Crippen LogP contribution >= 0.6 is 15.9 Å². The molecule has 8 heteroatoms. The predicted molar refractivity (Wildman–Crippen MR) is 128 cm³/mol. The highest BCUT2D eigenvalue weighted by molar-refractivity contribution is 9.10. The van der Waals surface area contributed by atoms with Crippen molar-refractivity contribution in [3.8, 4) is 17.2 Å². The Kier molecular flexibility index (Phi) is 8.32. The number of rotatable bonds is 9. The van der Waals surface area contributed by atoms with Crippen molar-refractivity contribution in [2.45, 2.75) is 12.5 Å². The fourth-order valence-corrected chi connectivity index (χ4v) is 3.38. The minimum atomic E-state index is -1.14. The molecule has 0 saturated heterocycles. The number of carbonyl (C=O) groups is 2. The van der Waals surface area contributed by atoms with E-state index in [1.807, 2.05) is 0 Å². The van der Waals surface area contributed by atoms with Crippen LogP contribution < -0.4 is 19.5 Å². The molecule has 0 aromatic heterocycles. The van der Waals surface area contributed by atoms with E-state index in [-0.39, 0.29) is 6.42 Å². The summed E-state index contributed by atoms with van der Waals surface area (Å²) in [6.07, 6.45) is -1.13. The van der Waals surface area contributed by atoms with Gasteiger partial charge in [-0.3, -0.25) is 9.59 Å². The smallest absolute Gasteiger partial charge is 0.311 e. The van der Waals surface area contributed by atoms with Crippen LogP contribution in [0.1, 0.15) is 17.2 Å². The van der Waals surface area contributed by atoms with Crippen molar-refractivity contribution in [2.75, 3.05) is 26.6 Å². The Morgan fingerprint density at radius 2 is 1.52 bits per heavy atom. The van der Waals surface area contributed by atoms with Gasteiger partial charge in [0.15, 0.2) is 11.5 Å². The zero-order valence-electron chi connectivity index (χ0n) is 18.5. The van der Waals surface area contributed by atoms with Crippen LogP contribution in [0.5, 0.6) is 17.2 Å². The van der Waals surface area contributed by atoms with E-state index in [2.05, 4.69) is 21.2 Å². The normalized spacial score (nSPS) is 11.3. The lowest BCUT2D eigenvalue weighted by atomic mass is 10.1. The second kappa shape index (κ2) is 11.4. The van der Waals surface area contributed by atoms with Gasteiger partial charge in [0.2, 0.25) is 6.10 Å². The van der Waals surface area contributed by atoms with E-state index in [1.165, 1.54) is 14.2 Å². The molecule has 0 saturated carbocycles. The fraction of sp³-hybridized carbons (Fsp3) is 0.200. The maximum Gasteiger partial charge on any atom is 0.311 e. The number of esters is 1. The lowest BCUT2D eigenvalue weighted by molar-refractivity contribution is -0.154. The number of amides is 1. The van der Waals surface area contributed by atoms with Crippen molar-refractivity contribution in [1.29, 1.82) is 0 Å². The van der Waals surface area contributed by atoms with Crippen molar-refractivity contribution < 1.29 is 28.5 Å². The van der Waals surface area contributed by atoms with Crippen LogP contribution in [0.3, 0.4) is 0 Å². The molecule has 7 nitrogen and oxygen atoms in total. The molecule has 0 aliphatic heterocycles. The number of nitrogens with one attached hydrogen (secondary N) is 1. The first-order valence-electron chi connectivity index (χ1n) is 10.0. The SMILES string of the molecule is COc1ccc(CC(=O)OC(C(=O)Nc2ccc(OC)c(OC)c2)c2ccc(Br)cc2)cc1. The molecule has 0 radical (unpaired) electrons. The maximum atomic E-state index is 13.1. The van der Waals surface area contributed by atoms with Gasteiger partial charge in [-0.25, -0.2) is 0 Å². The molecule has 0 bridgehead atoms. The Bertz CT molecular complexity index is 1100. The van der Waals surface area contributed by atoms with Crippen LogP contribution in [-0.4, -0.2) is 33.2 Å². The monoisotopic (exact) mass is 513 g/mol. The molecule has 0 heterocycles. The number of halogens is 1. The Morgan fingerprint density at radius 3 is 2.12 bits per heavy atom. The summed E-state index contributed by atoms with van der Waals surface area (Å²) in [4.78, 5) is 25.8. The number of anilines is 1. The molecule has 1 atom stereocenters. The predicted octanol–water partition coefficient (Wildman–Crippen LogP) is 4.94. The third-order valence-corrected chi connectivity index (χ3v) is 5.35. The first kappa shape index (κ1) is 24.1. The van der Waals surface area contributed by atoms with Crippen molar-refractivity contribution in [2.24, 2.45) is 0 Å². The van der Waals surface area contributed by atoms with E-state index in [4.69, 9.17) is 18.9 Å². The van der Waals surface area contributed by atoms with E-state index in [0.717, 1.165) is 10.0 Å². The highest BCUT2D eigenvalue weighted by Gasteiger charge is 2.26. The van der Waals surface area contributed by atoms with Gasteiger partial charge in [-0.15, -0.1) is 0 Å². The van der Waals surface area contributed by atoms with E-state index in [1.54, 1.807) is 73.8 Å². The molecule has 0 aliphatic rings. The third-order valence-electron chi connectivity index (χ3n) is 4.82. The Balaban J connectivity index is 1.79. The largest absolute Gasteiger partial charge is 0.497 e. The summed E-state index contributed by atoms with van der Waals surface area (Å²) in [5, 5.41) is 2.79. The summed E-state index contributed by atoms with van der Waals surface area (Å²) in [6, 6.07) is 19.1. The number of carbonyl (C=O) groups excluding carboxylic acids is 2. The fourth-order valence-electron chi connectivity index (χ4n) is 3.12. The van der Waals surface area contributed by atoms with Crippen molar-refractivity contribution in [3.63, 3.8) is 0 Å². The lowest BCUT2D eigenvalue weighted by Crippen LogP contribution is -2.26. The second-order valence-corrected chi connectivity index (χ2v) is 7.92. The number of hydrogen-bond acceptors (Lipinski definition) is 6. The average Bonchev–Trinajstić information content (AvgIpc) is 2.83. The maximum absolute atomic E-state index is 13.1. The Hall–Kier alpha value is -3.52. The van der Waals surface area contributed by atoms with Gasteiger partial charge < -0.3 is 24.3 Å². The van der Waals surface area contributed by atoms with Crippen molar-refractivity contribution in [3.05, 3.63) is 82.3 Å². The Labute approximate surface area is 200 Å². The van der Waals surface area contributed by atoms with Gasteiger partial charge in [0.1, 0.15) is 5.75 Å². The summed E-state index contributed by atoms with van der Waals surface area (Å²) < 4.78 is 22.1. The molecule has 0 fully saturated rings. The van der Waals surface area contributed by atoms with Crippen LogP contribution in [0.15, 0.2) is 71.2 Å². The van der Waals surface area contributed by atoms with Gasteiger partial charge in [-0.2, -0.15) is 0 Å². The molecular weight excluding hydrogens is 490 g/mol. The molecule has 3 rings (SSSR count). The lowest BCUT2D eigenvalue weighted by Gasteiger charge is -2.19. The average molecular weight is 514 g/mol. The zero-order valence-corrected chi connectivity index (χ0v) is 20.0. The van der Waals surface area contributed by atoms with Gasteiger partial charge in [-0.05, 0) is 42.0 Å². The minimum absolute atomic E-state index is 0.0145. The summed E-state index contributed by atoms with van der Waals surface area (Å²) in [7, 11) is 4.61. The van der Waals surface area contributed by atoms with E-state index < -0.39 is 18.0 Å². The topological polar surface area (TPSA) is 83.1 Å². The van der Waals surface area contributed by atoms with E-state index in [9.17, 15) is 9.59 Å². The van der Waals surface area contributed by atoms with Crippen LogP contribution in [0.2, 0.25) is 0 Å². The molecule has 33 heavy (non-hydrogen) atoms. The second-order valence-electron chi connectivity index (χ2n) is 7.01. The number of ether oxygens (including phenoxy) is 4. The van der Waals surface area contributed by atoms with Crippen LogP contribution in [-0.2, 0) is 20.7 Å². The van der Waals surface area contributed by atoms with Crippen molar-refractivity contribution >= 4 is 33.5 Å².